The summed E-state index contributed by atoms with van der Waals surface area (Å²) in [5, 5.41) is 0. The van der Waals surface area contributed by atoms with Crippen molar-refractivity contribution < 1.29 is 35.9 Å². The quantitative estimate of drug-likeness (QED) is 0.684. The highest BCUT2D eigenvalue weighted by atomic mass is 19.4. The highest BCUT2D eigenvalue weighted by molar-refractivity contribution is 5.78. The third-order valence-electron chi connectivity index (χ3n) is 1.96. The molecule has 10 heteroatoms. The van der Waals surface area contributed by atoms with Crippen LogP contribution in [0.15, 0.2) is 6.07 Å². The molecule has 1 aromatic heterocycles. The molecule has 0 saturated carbocycles. The average molecular weight is 288 g/mol. The summed E-state index contributed by atoms with van der Waals surface area (Å²) < 4.78 is 76.8. The fourth-order valence-electron chi connectivity index (χ4n) is 1.29. The van der Waals surface area contributed by atoms with Crippen LogP contribution in [0.1, 0.15) is 21.6 Å². The van der Waals surface area contributed by atoms with E-state index < -0.39 is 41.8 Å². The van der Waals surface area contributed by atoms with Gasteiger partial charge in [-0.3, -0.25) is 4.79 Å². The first-order chi connectivity index (χ1) is 8.58. The van der Waals surface area contributed by atoms with Crippen molar-refractivity contribution in [2.45, 2.75) is 19.1 Å². The van der Waals surface area contributed by atoms with Crippen molar-refractivity contribution in [1.82, 2.24) is 4.98 Å². The number of pyridine rings is 1. The van der Waals surface area contributed by atoms with Gasteiger partial charge in [-0.05, 0) is 0 Å². The second-order valence-corrected chi connectivity index (χ2v) is 3.24. The third-order valence-corrected chi connectivity index (χ3v) is 1.96. The minimum absolute atomic E-state index is 0.0532. The van der Waals surface area contributed by atoms with Crippen LogP contribution in [-0.2, 0) is 12.7 Å². The Hall–Kier alpha value is -1.84. The van der Waals surface area contributed by atoms with Crippen LogP contribution in [-0.4, -0.2) is 17.6 Å². The Labute approximate surface area is 102 Å². The van der Waals surface area contributed by atoms with Gasteiger partial charge in [-0.25, -0.2) is 4.98 Å². The van der Waals surface area contributed by atoms with Crippen molar-refractivity contribution in [3.63, 3.8) is 0 Å². The van der Waals surface area contributed by atoms with Gasteiger partial charge < -0.3 is 10.5 Å². The molecule has 106 valence electrons. The second-order valence-electron chi connectivity index (χ2n) is 3.24. The molecule has 0 saturated heterocycles. The van der Waals surface area contributed by atoms with Crippen molar-refractivity contribution in [2.75, 3.05) is 0 Å². The monoisotopic (exact) mass is 288 g/mol. The van der Waals surface area contributed by atoms with E-state index in [1.165, 1.54) is 0 Å². The fraction of sp³-hybridized carbons (Fsp3) is 0.333. The van der Waals surface area contributed by atoms with Gasteiger partial charge >= 0.3 is 12.5 Å². The van der Waals surface area contributed by atoms with Gasteiger partial charge in [0.25, 0.3) is 0 Å². The number of alkyl halides is 6. The van der Waals surface area contributed by atoms with Crippen LogP contribution in [0, 0.1) is 0 Å². The first kappa shape index (κ1) is 15.2. The number of ether oxygens (including phenoxy) is 1. The molecule has 1 aromatic rings. The zero-order valence-corrected chi connectivity index (χ0v) is 8.97. The SMILES string of the molecule is NCc1c(C=O)cc(OC(F)(F)F)nc1C(F)(F)F. The van der Waals surface area contributed by atoms with Crippen LogP contribution in [0.3, 0.4) is 0 Å². The number of carbonyl (C=O) groups is 1. The molecule has 0 spiro atoms. The van der Waals surface area contributed by atoms with Gasteiger partial charge in [-0.15, -0.1) is 13.2 Å². The molecular weight excluding hydrogens is 282 g/mol. The zero-order chi connectivity index (χ0) is 14.8. The summed E-state index contributed by atoms with van der Waals surface area (Å²) >= 11 is 0. The van der Waals surface area contributed by atoms with E-state index in [0.717, 1.165) is 0 Å². The lowest BCUT2D eigenvalue weighted by atomic mass is 10.1. The van der Waals surface area contributed by atoms with Crippen LogP contribution >= 0.6 is 0 Å². The van der Waals surface area contributed by atoms with Gasteiger partial charge in [-0.1, -0.05) is 0 Å². The molecule has 0 unspecified atom stereocenters. The molecule has 0 bridgehead atoms. The van der Waals surface area contributed by atoms with E-state index >= 15 is 0 Å². The summed E-state index contributed by atoms with van der Waals surface area (Å²) in [7, 11) is 0. The lowest BCUT2D eigenvalue weighted by Gasteiger charge is -2.15. The van der Waals surface area contributed by atoms with Gasteiger partial charge in [0.15, 0.2) is 12.0 Å². The maximum atomic E-state index is 12.6. The Morgan fingerprint density at radius 2 is 1.84 bits per heavy atom. The smallest absolute Gasteiger partial charge is 0.388 e. The molecule has 2 N–H and O–H groups in total. The molecule has 4 nitrogen and oxygen atoms in total. The van der Waals surface area contributed by atoms with E-state index in [1.807, 2.05) is 0 Å². The number of rotatable bonds is 3. The summed E-state index contributed by atoms with van der Waals surface area (Å²) in [6.07, 6.45) is -10.3. The maximum Gasteiger partial charge on any atom is 0.574 e. The number of carbonyl (C=O) groups excluding carboxylic acids is 1. The number of aromatic nitrogens is 1. The second kappa shape index (κ2) is 5.03. The Morgan fingerprint density at radius 3 is 2.21 bits per heavy atom. The van der Waals surface area contributed by atoms with Crippen molar-refractivity contribution in [1.29, 1.82) is 0 Å². The topological polar surface area (TPSA) is 65.2 Å². The molecule has 0 aliphatic carbocycles. The molecular formula is C9H6F6N2O2. The summed E-state index contributed by atoms with van der Waals surface area (Å²) in [5.41, 5.74) is 2.00. The minimum Gasteiger partial charge on any atom is -0.388 e. The molecule has 1 rings (SSSR count). The van der Waals surface area contributed by atoms with Gasteiger partial charge in [0.05, 0.1) is 0 Å². The summed E-state index contributed by atoms with van der Waals surface area (Å²) in [5.74, 6) is -1.38. The summed E-state index contributed by atoms with van der Waals surface area (Å²) in [6, 6.07) is 0.442. The summed E-state index contributed by atoms with van der Waals surface area (Å²) in [4.78, 5) is 13.3. The van der Waals surface area contributed by atoms with E-state index in [9.17, 15) is 31.1 Å². The molecule has 0 radical (unpaired) electrons. The standard InChI is InChI=1S/C9H6F6N2O2/c10-8(11,12)7-5(2-16)4(3-18)1-6(17-7)19-9(13,14)15/h1,3H,2,16H2. The van der Waals surface area contributed by atoms with Crippen molar-refractivity contribution in [3.8, 4) is 5.88 Å². The van der Waals surface area contributed by atoms with Gasteiger partial charge in [0.1, 0.15) is 0 Å². The van der Waals surface area contributed by atoms with Crippen LogP contribution in [0.4, 0.5) is 26.3 Å². The normalized spacial score (nSPS) is 12.4. The Balaban J connectivity index is 3.43. The first-order valence-electron chi connectivity index (χ1n) is 4.60. The van der Waals surface area contributed by atoms with E-state index in [4.69, 9.17) is 5.73 Å². The molecule has 0 aliphatic heterocycles. The predicted octanol–water partition coefficient (Wildman–Crippen LogP) is 2.27. The van der Waals surface area contributed by atoms with Crippen molar-refractivity contribution in [3.05, 3.63) is 22.9 Å². The van der Waals surface area contributed by atoms with Gasteiger partial charge in [-0.2, -0.15) is 13.2 Å². The molecule has 1 heterocycles. The highest BCUT2D eigenvalue weighted by Crippen LogP contribution is 2.34. The lowest BCUT2D eigenvalue weighted by molar-refractivity contribution is -0.276. The van der Waals surface area contributed by atoms with Gasteiger partial charge in [0.2, 0.25) is 5.88 Å². The number of halogens is 6. The number of nitrogens with zero attached hydrogens (tertiary/aromatic N) is 1. The molecule has 0 aromatic carbocycles. The number of hydrogen-bond acceptors (Lipinski definition) is 4. The van der Waals surface area contributed by atoms with E-state index in [-0.39, 0.29) is 6.29 Å². The lowest BCUT2D eigenvalue weighted by Crippen LogP contribution is -2.22. The van der Waals surface area contributed by atoms with Crippen molar-refractivity contribution in [2.24, 2.45) is 5.73 Å². The van der Waals surface area contributed by atoms with Crippen LogP contribution in [0.25, 0.3) is 0 Å². The fourth-order valence-corrected chi connectivity index (χ4v) is 1.29. The number of nitrogens with two attached hydrogens (primary N) is 1. The number of hydrogen-bond donors (Lipinski definition) is 1. The van der Waals surface area contributed by atoms with E-state index in [1.54, 1.807) is 0 Å². The van der Waals surface area contributed by atoms with E-state index in [2.05, 4.69) is 9.72 Å². The van der Waals surface area contributed by atoms with Crippen molar-refractivity contribution >= 4 is 6.29 Å². The third kappa shape index (κ3) is 3.81. The van der Waals surface area contributed by atoms with Crippen LogP contribution < -0.4 is 10.5 Å². The average Bonchev–Trinajstić information content (AvgIpc) is 2.24. The largest absolute Gasteiger partial charge is 0.574 e. The Morgan fingerprint density at radius 1 is 1.26 bits per heavy atom. The molecule has 0 atom stereocenters. The predicted molar refractivity (Wildman–Crippen MR) is 49.2 cm³/mol. The minimum atomic E-state index is -5.22. The van der Waals surface area contributed by atoms with Crippen LogP contribution in [0.2, 0.25) is 0 Å². The Kier molecular flexibility index (Phi) is 4.03. The molecule has 19 heavy (non-hydrogen) atoms. The van der Waals surface area contributed by atoms with E-state index in [0.29, 0.717) is 6.07 Å². The molecule has 0 amide bonds. The van der Waals surface area contributed by atoms with Crippen LogP contribution in [0.5, 0.6) is 5.88 Å². The highest BCUT2D eigenvalue weighted by Gasteiger charge is 2.38. The summed E-state index contributed by atoms with van der Waals surface area (Å²) in [6.45, 7) is -0.706. The zero-order valence-electron chi connectivity index (χ0n) is 8.97. The maximum absolute atomic E-state index is 12.6. The van der Waals surface area contributed by atoms with Gasteiger partial charge in [0, 0.05) is 23.7 Å². The number of aldehydes is 1. The molecule has 0 fully saturated rings. The first-order valence-corrected chi connectivity index (χ1v) is 4.60. The molecule has 0 aliphatic rings. The Bertz CT molecular complexity index is 483.